The van der Waals surface area contributed by atoms with Gasteiger partial charge in [-0.15, -0.1) is 0 Å². The Labute approximate surface area is 100 Å². The maximum atomic E-state index is 11.7. The number of hydrogen-bond donors (Lipinski definition) is 3. The lowest BCUT2D eigenvalue weighted by Gasteiger charge is -2.13. The lowest BCUT2D eigenvalue weighted by Crippen LogP contribution is -2.44. The number of benzene rings is 1. The summed E-state index contributed by atoms with van der Waals surface area (Å²) >= 11 is 0. The largest absolute Gasteiger partial charge is 0.352 e. The molecule has 0 aliphatic rings. The van der Waals surface area contributed by atoms with Crippen molar-refractivity contribution in [2.75, 3.05) is 5.32 Å². The van der Waals surface area contributed by atoms with Gasteiger partial charge in [-0.25, -0.2) is 4.79 Å². The Kier molecular flexibility index (Phi) is 4.09. The fraction of sp³-hybridized carbons (Fsp3) is 0.333. The van der Waals surface area contributed by atoms with Crippen LogP contribution in [-0.4, -0.2) is 18.0 Å². The van der Waals surface area contributed by atoms with Gasteiger partial charge < -0.3 is 16.4 Å². The van der Waals surface area contributed by atoms with Crippen LogP contribution in [0, 0.1) is 13.8 Å². The van der Waals surface area contributed by atoms with Crippen LogP contribution in [0.15, 0.2) is 18.2 Å². The van der Waals surface area contributed by atoms with Crippen molar-refractivity contribution in [3.05, 3.63) is 29.3 Å². The van der Waals surface area contributed by atoms with Crippen LogP contribution in [0.2, 0.25) is 0 Å². The van der Waals surface area contributed by atoms with Crippen LogP contribution >= 0.6 is 0 Å². The highest BCUT2D eigenvalue weighted by molar-refractivity contribution is 5.96. The van der Waals surface area contributed by atoms with E-state index < -0.39 is 12.1 Å². The van der Waals surface area contributed by atoms with Gasteiger partial charge in [-0.1, -0.05) is 6.07 Å². The van der Waals surface area contributed by atoms with Gasteiger partial charge >= 0.3 is 6.03 Å². The minimum absolute atomic E-state index is 0.299. The molecule has 0 saturated carbocycles. The molecule has 0 saturated heterocycles. The van der Waals surface area contributed by atoms with Crippen LogP contribution in [0.4, 0.5) is 10.5 Å². The summed E-state index contributed by atoms with van der Waals surface area (Å²) in [6.07, 6.45) is 0. The number of carbonyl (C=O) groups is 2. The zero-order valence-electron chi connectivity index (χ0n) is 10.2. The van der Waals surface area contributed by atoms with Crippen molar-refractivity contribution in [1.29, 1.82) is 0 Å². The summed E-state index contributed by atoms with van der Waals surface area (Å²) in [5, 5.41) is 5.02. The third kappa shape index (κ3) is 3.79. The van der Waals surface area contributed by atoms with Gasteiger partial charge in [-0.3, -0.25) is 4.79 Å². The zero-order chi connectivity index (χ0) is 13.0. The van der Waals surface area contributed by atoms with E-state index in [-0.39, 0.29) is 5.91 Å². The highest BCUT2D eigenvalue weighted by Crippen LogP contribution is 2.14. The first-order valence-corrected chi connectivity index (χ1v) is 5.34. The third-order valence-corrected chi connectivity index (χ3v) is 2.53. The van der Waals surface area contributed by atoms with Gasteiger partial charge in [0.1, 0.15) is 6.04 Å². The average Bonchev–Trinajstić information content (AvgIpc) is 2.22. The predicted molar refractivity (Wildman–Crippen MR) is 66.7 cm³/mol. The van der Waals surface area contributed by atoms with Gasteiger partial charge in [0.2, 0.25) is 5.91 Å². The third-order valence-electron chi connectivity index (χ3n) is 2.53. The van der Waals surface area contributed by atoms with Crippen molar-refractivity contribution < 1.29 is 9.59 Å². The lowest BCUT2D eigenvalue weighted by atomic mass is 10.1. The number of aryl methyl sites for hydroxylation is 2. The standard InChI is InChI=1S/C12H17N3O2/c1-7-4-5-10(6-8(7)2)15-11(16)9(3)14-12(13)17/h4-6,9H,1-3H3,(H,15,16)(H3,13,14,17)/t9-/m1/s1. The Morgan fingerprint density at radius 1 is 1.24 bits per heavy atom. The molecule has 1 atom stereocenters. The molecule has 4 N–H and O–H groups in total. The minimum atomic E-state index is -0.715. The highest BCUT2D eigenvalue weighted by Gasteiger charge is 2.13. The van der Waals surface area contributed by atoms with Crippen molar-refractivity contribution in [1.82, 2.24) is 5.32 Å². The van der Waals surface area contributed by atoms with E-state index >= 15 is 0 Å². The van der Waals surface area contributed by atoms with Gasteiger partial charge in [0.25, 0.3) is 0 Å². The maximum absolute atomic E-state index is 11.7. The summed E-state index contributed by atoms with van der Waals surface area (Å²) in [4.78, 5) is 22.3. The van der Waals surface area contributed by atoms with Crippen LogP contribution < -0.4 is 16.4 Å². The van der Waals surface area contributed by atoms with Gasteiger partial charge in [-0.05, 0) is 44.0 Å². The Morgan fingerprint density at radius 3 is 2.41 bits per heavy atom. The maximum Gasteiger partial charge on any atom is 0.312 e. The normalized spacial score (nSPS) is 11.7. The van der Waals surface area contributed by atoms with Gasteiger partial charge in [0.05, 0.1) is 0 Å². The van der Waals surface area contributed by atoms with E-state index in [4.69, 9.17) is 5.73 Å². The molecule has 3 amide bonds. The Bertz CT molecular complexity index is 443. The molecule has 0 aliphatic heterocycles. The molecule has 0 unspecified atom stereocenters. The monoisotopic (exact) mass is 235 g/mol. The van der Waals surface area contributed by atoms with Crippen molar-refractivity contribution in [2.45, 2.75) is 26.8 Å². The first-order chi connectivity index (χ1) is 7.90. The molecule has 1 rings (SSSR count). The van der Waals surface area contributed by atoms with Crippen molar-refractivity contribution >= 4 is 17.6 Å². The summed E-state index contributed by atoms with van der Waals surface area (Å²) in [6, 6.07) is 4.25. The average molecular weight is 235 g/mol. The number of rotatable bonds is 3. The van der Waals surface area contributed by atoms with Crippen LogP contribution in [0.5, 0.6) is 0 Å². The summed E-state index contributed by atoms with van der Waals surface area (Å²) < 4.78 is 0. The first-order valence-electron chi connectivity index (χ1n) is 5.34. The number of nitrogens with two attached hydrogens (primary N) is 1. The van der Waals surface area contributed by atoms with E-state index in [0.717, 1.165) is 11.1 Å². The Morgan fingerprint density at radius 2 is 1.88 bits per heavy atom. The fourth-order valence-corrected chi connectivity index (χ4v) is 1.35. The molecule has 17 heavy (non-hydrogen) atoms. The molecule has 1 aromatic carbocycles. The van der Waals surface area contributed by atoms with E-state index in [2.05, 4.69) is 10.6 Å². The van der Waals surface area contributed by atoms with Crippen LogP contribution in [0.1, 0.15) is 18.1 Å². The highest BCUT2D eigenvalue weighted by atomic mass is 16.2. The number of amides is 3. The second-order valence-corrected chi connectivity index (χ2v) is 4.02. The second kappa shape index (κ2) is 5.34. The lowest BCUT2D eigenvalue weighted by molar-refractivity contribution is -0.117. The molecule has 0 heterocycles. The second-order valence-electron chi connectivity index (χ2n) is 4.02. The smallest absolute Gasteiger partial charge is 0.312 e. The van der Waals surface area contributed by atoms with E-state index in [1.54, 1.807) is 6.92 Å². The zero-order valence-corrected chi connectivity index (χ0v) is 10.2. The topological polar surface area (TPSA) is 84.2 Å². The number of hydrogen-bond acceptors (Lipinski definition) is 2. The molecule has 5 nitrogen and oxygen atoms in total. The summed E-state index contributed by atoms with van der Waals surface area (Å²) in [7, 11) is 0. The summed E-state index contributed by atoms with van der Waals surface area (Å²) in [5.41, 5.74) is 7.90. The fourth-order valence-electron chi connectivity index (χ4n) is 1.35. The Balaban J connectivity index is 2.67. The molecule has 1 aromatic rings. The van der Waals surface area contributed by atoms with E-state index in [1.165, 1.54) is 0 Å². The van der Waals surface area contributed by atoms with E-state index in [9.17, 15) is 9.59 Å². The number of primary amides is 1. The SMILES string of the molecule is Cc1ccc(NC(=O)[C@@H](C)NC(N)=O)cc1C. The van der Waals surface area contributed by atoms with Crippen molar-refractivity contribution in [3.8, 4) is 0 Å². The molecule has 5 heteroatoms. The van der Waals surface area contributed by atoms with Crippen LogP contribution in [0.3, 0.4) is 0 Å². The molecular formula is C12H17N3O2. The molecule has 92 valence electrons. The van der Waals surface area contributed by atoms with E-state index in [1.807, 2.05) is 32.0 Å². The Hall–Kier alpha value is -2.04. The molecule has 0 spiro atoms. The molecule has 0 fully saturated rings. The minimum Gasteiger partial charge on any atom is -0.352 e. The predicted octanol–water partition coefficient (Wildman–Crippen LogP) is 1.30. The number of urea groups is 1. The first kappa shape index (κ1) is 13.0. The van der Waals surface area contributed by atoms with Crippen molar-refractivity contribution in [3.63, 3.8) is 0 Å². The van der Waals surface area contributed by atoms with Gasteiger partial charge in [0.15, 0.2) is 0 Å². The molecule has 0 bridgehead atoms. The van der Waals surface area contributed by atoms with Gasteiger partial charge in [0, 0.05) is 5.69 Å². The molecule has 0 aromatic heterocycles. The van der Waals surface area contributed by atoms with Crippen LogP contribution in [0.25, 0.3) is 0 Å². The number of nitrogens with one attached hydrogen (secondary N) is 2. The number of carbonyl (C=O) groups excluding carboxylic acids is 2. The summed E-state index contributed by atoms with van der Waals surface area (Å²) in [5.74, 6) is -0.299. The molecular weight excluding hydrogens is 218 g/mol. The van der Waals surface area contributed by atoms with Crippen molar-refractivity contribution in [2.24, 2.45) is 5.73 Å². The molecule has 0 aliphatic carbocycles. The quantitative estimate of drug-likeness (QED) is 0.737. The van der Waals surface area contributed by atoms with Gasteiger partial charge in [-0.2, -0.15) is 0 Å². The number of anilines is 1. The summed E-state index contributed by atoms with van der Waals surface area (Å²) in [6.45, 7) is 5.54. The molecule has 0 radical (unpaired) electrons. The van der Waals surface area contributed by atoms with Crippen LogP contribution in [-0.2, 0) is 4.79 Å². The van der Waals surface area contributed by atoms with E-state index in [0.29, 0.717) is 5.69 Å².